The molecule has 1 aromatic rings. The normalized spacial score (nSPS) is 15.9. The van der Waals surface area contributed by atoms with Crippen LogP contribution in [0.25, 0.3) is 0 Å². The van der Waals surface area contributed by atoms with Gasteiger partial charge in [-0.1, -0.05) is 36.5 Å². The molecule has 0 fully saturated rings. The molecule has 1 aromatic carbocycles. The molecule has 2 aliphatic carbocycles. The highest BCUT2D eigenvalue weighted by Gasteiger charge is 2.15. The molecule has 20 heavy (non-hydrogen) atoms. The minimum atomic E-state index is 0.0328. The zero-order chi connectivity index (χ0) is 13.9. The maximum Gasteiger partial charge on any atom is 0.193 e. The van der Waals surface area contributed by atoms with Crippen LogP contribution in [-0.4, -0.2) is 12.9 Å². The highest BCUT2D eigenvalue weighted by atomic mass is 16.5. The lowest BCUT2D eigenvalue weighted by molar-refractivity contribution is 0.103. The Morgan fingerprint density at radius 3 is 2.25 bits per heavy atom. The summed E-state index contributed by atoms with van der Waals surface area (Å²) in [7, 11) is 1.61. The van der Waals surface area contributed by atoms with Gasteiger partial charge in [-0.3, -0.25) is 4.79 Å². The van der Waals surface area contributed by atoms with Gasteiger partial charge in [-0.15, -0.1) is 0 Å². The molecule has 0 unspecified atom stereocenters. The molecular weight excluding hydrogens is 248 g/mol. The fourth-order valence-corrected chi connectivity index (χ4v) is 2.24. The lowest BCUT2D eigenvalue weighted by atomic mass is 10.0. The van der Waals surface area contributed by atoms with E-state index in [9.17, 15) is 4.79 Å². The quantitative estimate of drug-likeness (QED) is 0.774. The molecule has 0 amide bonds. The zero-order valence-corrected chi connectivity index (χ0v) is 11.2. The van der Waals surface area contributed by atoms with Gasteiger partial charge < -0.3 is 4.74 Å². The van der Waals surface area contributed by atoms with Crippen LogP contribution in [0.15, 0.2) is 83.5 Å². The minimum absolute atomic E-state index is 0.0328. The third-order valence-electron chi connectivity index (χ3n) is 3.36. The number of benzene rings is 1. The van der Waals surface area contributed by atoms with E-state index in [1.165, 1.54) is 0 Å². The lowest BCUT2D eigenvalue weighted by Crippen LogP contribution is -2.00. The molecule has 0 bridgehead atoms. The van der Waals surface area contributed by atoms with E-state index in [4.69, 9.17) is 4.74 Å². The van der Waals surface area contributed by atoms with Crippen molar-refractivity contribution in [3.63, 3.8) is 0 Å². The summed E-state index contributed by atoms with van der Waals surface area (Å²) in [6.45, 7) is 0. The summed E-state index contributed by atoms with van der Waals surface area (Å²) >= 11 is 0. The SMILES string of the molecule is COc1ccc(C(=O)C2=CC(=C3C=CC=C3)C=C2)cc1. The number of ether oxygens (including phenoxy) is 1. The first-order chi connectivity index (χ1) is 9.78. The number of hydrogen-bond acceptors (Lipinski definition) is 2. The summed E-state index contributed by atoms with van der Waals surface area (Å²) in [5, 5.41) is 0. The second kappa shape index (κ2) is 5.17. The number of carbonyl (C=O) groups excluding carboxylic acids is 1. The molecule has 0 heterocycles. The van der Waals surface area contributed by atoms with Crippen LogP contribution in [0.3, 0.4) is 0 Å². The average molecular weight is 262 g/mol. The third kappa shape index (κ3) is 2.28. The van der Waals surface area contributed by atoms with Crippen molar-refractivity contribution >= 4 is 5.78 Å². The first-order valence-electron chi connectivity index (χ1n) is 6.45. The van der Waals surface area contributed by atoms with Crippen LogP contribution in [0.1, 0.15) is 10.4 Å². The summed E-state index contributed by atoms with van der Waals surface area (Å²) in [5.41, 5.74) is 3.60. The Kier molecular flexibility index (Phi) is 3.21. The Labute approximate surface area is 118 Å². The van der Waals surface area contributed by atoms with E-state index < -0.39 is 0 Å². The number of ketones is 1. The Morgan fingerprint density at radius 2 is 1.60 bits per heavy atom. The van der Waals surface area contributed by atoms with E-state index in [-0.39, 0.29) is 5.78 Å². The van der Waals surface area contributed by atoms with Crippen molar-refractivity contribution in [2.24, 2.45) is 0 Å². The molecule has 2 aliphatic rings. The van der Waals surface area contributed by atoms with E-state index in [1.807, 2.05) is 42.5 Å². The molecule has 0 spiro atoms. The van der Waals surface area contributed by atoms with Crippen LogP contribution in [0, 0.1) is 0 Å². The molecule has 0 aliphatic heterocycles. The number of Topliss-reactive ketones (excluding diaryl/α,β-unsaturated/α-hetero) is 1. The van der Waals surface area contributed by atoms with Crippen LogP contribution >= 0.6 is 0 Å². The van der Waals surface area contributed by atoms with E-state index in [1.54, 1.807) is 31.4 Å². The molecule has 0 atom stereocenters. The maximum atomic E-state index is 12.4. The van der Waals surface area contributed by atoms with Crippen LogP contribution in [0.2, 0.25) is 0 Å². The highest BCUT2D eigenvalue weighted by molar-refractivity contribution is 6.11. The first-order valence-corrected chi connectivity index (χ1v) is 6.45. The number of allylic oxidation sites excluding steroid dienone is 10. The van der Waals surface area contributed by atoms with Crippen LogP contribution < -0.4 is 4.74 Å². The fourth-order valence-electron chi connectivity index (χ4n) is 2.24. The van der Waals surface area contributed by atoms with Gasteiger partial charge in [-0.2, -0.15) is 0 Å². The third-order valence-corrected chi connectivity index (χ3v) is 3.36. The molecule has 98 valence electrons. The van der Waals surface area contributed by atoms with E-state index >= 15 is 0 Å². The van der Waals surface area contributed by atoms with Crippen molar-refractivity contribution in [3.05, 3.63) is 89.1 Å². The summed E-state index contributed by atoms with van der Waals surface area (Å²) in [6.07, 6.45) is 13.8. The van der Waals surface area contributed by atoms with Gasteiger partial charge in [0.1, 0.15) is 5.75 Å². The summed E-state index contributed by atoms with van der Waals surface area (Å²) in [6, 6.07) is 7.18. The van der Waals surface area contributed by atoms with Crippen LogP contribution in [-0.2, 0) is 0 Å². The summed E-state index contributed by atoms with van der Waals surface area (Å²) in [5.74, 6) is 0.784. The summed E-state index contributed by atoms with van der Waals surface area (Å²) in [4.78, 5) is 12.4. The largest absolute Gasteiger partial charge is 0.497 e. The van der Waals surface area contributed by atoms with Crippen molar-refractivity contribution in [1.29, 1.82) is 0 Å². The Balaban J connectivity index is 1.86. The number of hydrogen-bond donors (Lipinski definition) is 0. The van der Waals surface area contributed by atoms with Gasteiger partial charge in [0.05, 0.1) is 7.11 Å². The van der Waals surface area contributed by atoms with Gasteiger partial charge >= 0.3 is 0 Å². The molecule has 2 heteroatoms. The summed E-state index contributed by atoms with van der Waals surface area (Å²) < 4.78 is 5.10. The van der Waals surface area contributed by atoms with Crippen molar-refractivity contribution < 1.29 is 9.53 Å². The topological polar surface area (TPSA) is 26.3 Å². The Hall–Kier alpha value is -2.61. The highest BCUT2D eigenvalue weighted by Crippen LogP contribution is 2.25. The van der Waals surface area contributed by atoms with Gasteiger partial charge in [0.15, 0.2) is 5.78 Å². The average Bonchev–Trinajstić information content (AvgIpc) is 3.17. The van der Waals surface area contributed by atoms with Gasteiger partial charge in [-0.25, -0.2) is 0 Å². The number of carbonyl (C=O) groups is 1. The number of rotatable bonds is 3. The van der Waals surface area contributed by atoms with Crippen molar-refractivity contribution in [3.8, 4) is 5.75 Å². The predicted molar refractivity (Wildman–Crippen MR) is 79.9 cm³/mol. The first kappa shape index (κ1) is 12.4. The van der Waals surface area contributed by atoms with Crippen molar-refractivity contribution in [1.82, 2.24) is 0 Å². The van der Waals surface area contributed by atoms with Gasteiger partial charge in [0, 0.05) is 11.1 Å². The molecule has 0 saturated carbocycles. The van der Waals surface area contributed by atoms with Gasteiger partial charge in [-0.05, 0) is 41.5 Å². The fraction of sp³-hybridized carbons (Fsp3) is 0.0556. The minimum Gasteiger partial charge on any atom is -0.497 e. The van der Waals surface area contributed by atoms with Crippen LogP contribution in [0.4, 0.5) is 0 Å². The molecule has 0 saturated heterocycles. The maximum absolute atomic E-state index is 12.4. The van der Waals surface area contributed by atoms with Crippen LogP contribution in [0.5, 0.6) is 5.75 Å². The molecule has 0 radical (unpaired) electrons. The van der Waals surface area contributed by atoms with Gasteiger partial charge in [0.2, 0.25) is 0 Å². The standard InChI is InChI=1S/C18H14O2/c1-20-17-10-8-14(9-11-17)18(19)16-7-6-15(12-16)13-4-2-3-5-13/h2-12H,1H3. The number of methoxy groups -OCH3 is 1. The molecule has 0 N–H and O–H groups in total. The molecule has 3 rings (SSSR count). The second-order valence-electron chi connectivity index (χ2n) is 4.62. The molecular formula is C18H14O2. The smallest absolute Gasteiger partial charge is 0.193 e. The van der Waals surface area contributed by atoms with E-state index in [2.05, 4.69) is 0 Å². The Bertz CT molecular complexity index is 681. The molecule has 0 aromatic heterocycles. The Morgan fingerprint density at radius 1 is 0.900 bits per heavy atom. The van der Waals surface area contributed by atoms with E-state index in [0.717, 1.165) is 16.9 Å². The zero-order valence-electron chi connectivity index (χ0n) is 11.2. The second-order valence-corrected chi connectivity index (χ2v) is 4.62. The predicted octanol–water partition coefficient (Wildman–Crippen LogP) is 3.80. The van der Waals surface area contributed by atoms with Gasteiger partial charge in [0.25, 0.3) is 0 Å². The lowest BCUT2D eigenvalue weighted by Gasteiger charge is -2.02. The van der Waals surface area contributed by atoms with Crippen molar-refractivity contribution in [2.75, 3.05) is 7.11 Å². The van der Waals surface area contributed by atoms with Crippen molar-refractivity contribution in [2.45, 2.75) is 0 Å². The monoisotopic (exact) mass is 262 g/mol. The molecule has 2 nitrogen and oxygen atoms in total. The van der Waals surface area contributed by atoms with E-state index in [0.29, 0.717) is 11.1 Å².